The van der Waals surface area contributed by atoms with Gasteiger partial charge in [0.15, 0.2) is 11.5 Å². The van der Waals surface area contributed by atoms with Gasteiger partial charge in [0, 0.05) is 49.0 Å². The van der Waals surface area contributed by atoms with Crippen LogP contribution in [0.4, 0.5) is 5.82 Å². The molecule has 4 heterocycles. The van der Waals surface area contributed by atoms with Gasteiger partial charge in [-0.15, -0.1) is 15.3 Å². The molecule has 0 unspecified atom stereocenters. The molecule has 0 radical (unpaired) electrons. The fourth-order valence-electron chi connectivity index (χ4n) is 3.98. The second-order valence-electron chi connectivity index (χ2n) is 7.34. The van der Waals surface area contributed by atoms with Crippen molar-refractivity contribution in [3.63, 3.8) is 0 Å². The van der Waals surface area contributed by atoms with Gasteiger partial charge in [0.05, 0.1) is 6.61 Å². The van der Waals surface area contributed by atoms with Gasteiger partial charge in [-0.05, 0) is 32.0 Å². The average Bonchev–Trinajstić information content (AvgIpc) is 3.34. The minimum Gasteiger partial charge on any atom is -0.493 e. The summed E-state index contributed by atoms with van der Waals surface area (Å²) in [5.74, 6) is 2.97. The van der Waals surface area contributed by atoms with Crippen LogP contribution in [0.1, 0.15) is 29.5 Å². The molecule has 0 saturated carbocycles. The normalized spacial score (nSPS) is 17.2. The smallest absolute Gasteiger partial charge is 0.180 e. The lowest BCUT2D eigenvalue weighted by Gasteiger charge is -2.33. The minimum atomic E-state index is 0.238. The minimum absolute atomic E-state index is 0.238. The van der Waals surface area contributed by atoms with Crippen LogP contribution in [0.15, 0.2) is 24.5 Å². The lowest BCUT2D eigenvalue weighted by molar-refractivity contribution is 0.170. The van der Waals surface area contributed by atoms with E-state index < -0.39 is 0 Å². The number of ether oxygens (including phenoxy) is 2. The van der Waals surface area contributed by atoms with Crippen LogP contribution in [0.2, 0.25) is 0 Å². The summed E-state index contributed by atoms with van der Waals surface area (Å²) in [6, 6.07) is 6.17. The Kier molecular flexibility index (Phi) is 3.88. The first-order valence-corrected chi connectivity index (χ1v) is 9.53. The SMILES string of the molecule is Cc1c(N2CCC(Oc3ccc4c(c3)CCO4)CC2)nn2cnnc2c1C. The van der Waals surface area contributed by atoms with E-state index in [0.29, 0.717) is 0 Å². The molecule has 7 heteroatoms. The summed E-state index contributed by atoms with van der Waals surface area (Å²) in [5, 5.41) is 12.9. The summed E-state index contributed by atoms with van der Waals surface area (Å²) in [5.41, 5.74) is 4.39. The van der Waals surface area contributed by atoms with Gasteiger partial charge in [-0.25, -0.2) is 0 Å². The number of anilines is 1. The molecule has 0 aliphatic carbocycles. The fourth-order valence-corrected chi connectivity index (χ4v) is 3.98. The first-order valence-electron chi connectivity index (χ1n) is 9.53. The number of benzene rings is 1. The molecule has 5 rings (SSSR count). The van der Waals surface area contributed by atoms with E-state index in [1.165, 1.54) is 11.1 Å². The molecule has 7 nitrogen and oxygen atoms in total. The molecule has 2 aliphatic rings. The molecule has 1 saturated heterocycles. The molecule has 1 aromatic carbocycles. The van der Waals surface area contributed by atoms with Crippen molar-refractivity contribution in [1.29, 1.82) is 0 Å². The first-order chi connectivity index (χ1) is 13.2. The van der Waals surface area contributed by atoms with Crippen LogP contribution < -0.4 is 14.4 Å². The maximum Gasteiger partial charge on any atom is 0.180 e. The van der Waals surface area contributed by atoms with Gasteiger partial charge < -0.3 is 14.4 Å². The van der Waals surface area contributed by atoms with E-state index in [1.807, 2.05) is 12.1 Å². The topological polar surface area (TPSA) is 64.8 Å². The Hall–Kier alpha value is -2.83. The fraction of sp³-hybridized carbons (Fsp3) is 0.450. The quantitative estimate of drug-likeness (QED) is 0.711. The van der Waals surface area contributed by atoms with Crippen molar-refractivity contribution in [1.82, 2.24) is 19.8 Å². The van der Waals surface area contributed by atoms with Crippen LogP contribution in [-0.4, -0.2) is 45.6 Å². The van der Waals surface area contributed by atoms with Crippen molar-refractivity contribution in [3.8, 4) is 11.5 Å². The number of fused-ring (bicyclic) bond motifs is 2. The van der Waals surface area contributed by atoms with Gasteiger partial charge >= 0.3 is 0 Å². The lowest BCUT2D eigenvalue weighted by Crippen LogP contribution is -2.39. The summed E-state index contributed by atoms with van der Waals surface area (Å²) < 4.78 is 13.6. The Labute approximate surface area is 157 Å². The highest BCUT2D eigenvalue weighted by Crippen LogP contribution is 2.31. The number of nitrogens with zero attached hydrogens (tertiary/aromatic N) is 5. The third-order valence-corrected chi connectivity index (χ3v) is 5.67. The predicted octanol–water partition coefficient (Wildman–Crippen LogP) is 2.72. The number of hydrogen-bond acceptors (Lipinski definition) is 6. The summed E-state index contributed by atoms with van der Waals surface area (Å²) in [7, 11) is 0. The van der Waals surface area contributed by atoms with Crippen LogP contribution in [0, 0.1) is 13.8 Å². The molecule has 3 aromatic rings. The molecule has 0 amide bonds. The third-order valence-electron chi connectivity index (χ3n) is 5.67. The van der Waals surface area contributed by atoms with E-state index in [-0.39, 0.29) is 6.10 Å². The van der Waals surface area contributed by atoms with E-state index in [1.54, 1.807) is 10.8 Å². The third kappa shape index (κ3) is 2.87. The van der Waals surface area contributed by atoms with E-state index in [4.69, 9.17) is 14.6 Å². The number of aryl methyl sites for hydroxylation is 1. The summed E-state index contributed by atoms with van der Waals surface area (Å²) in [4.78, 5) is 2.35. The van der Waals surface area contributed by atoms with Gasteiger partial charge in [-0.2, -0.15) is 4.52 Å². The van der Waals surface area contributed by atoms with Crippen LogP contribution in [0.25, 0.3) is 5.65 Å². The molecule has 2 aromatic heterocycles. The van der Waals surface area contributed by atoms with Gasteiger partial charge in [-0.3, -0.25) is 0 Å². The molecule has 0 bridgehead atoms. The summed E-state index contributed by atoms with van der Waals surface area (Å²) in [6.07, 6.45) is 4.84. The summed E-state index contributed by atoms with van der Waals surface area (Å²) in [6.45, 7) is 6.83. The maximum absolute atomic E-state index is 6.25. The molecular weight excluding hydrogens is 342 g/mol. The van der Waals surface area contributed by atoms with Crippen molar-refractivity contribution in [3.05, 3.63) is 41.2 Å². The molecule has 0 atom stereocenters. The second kappa shape index (κ2) is 6.40. The Morgan fingerprint density at radius 2 is 2.00 bits per heavy atom. The van der Waals surface area contributed by atoms with Crippen LogP contribution >= 0.6 is 0 Å². The zero-order chi connectivity index (χ0) is 18.4. The van der Waals surface area contributed by atoms with Crippen LogP contribution in [-0.2, 0) is 6.42 Å². The number of aromatic nitrogens is 4. The Bertz CT molecular complexity index is 991. The number of piperidine rings is 1. The van der Waals surface area contributed by atoms with Crippen molar-refractivity contribution in [2.24, 2.45) is 0 Å². The van der Waals surface area contributed by atoms with E-state index in [0.717, 1.165) is 67.5 Å². The van der Waals surface area contributed by atoms with Gasteiger partial charge in [0.1, 0.15) is 23.9 Å². The number of rotatable bonds is 3. The molecule has 1 fully saturated rings. The standard InChI is InChI=1S/C20H23N5O2/c1-13-14(2)20(23-25-12-21-22-19(13)25)24-8-5-16(6-9-24)27-17-3-4-18-15(11-17)7-10-26-18/h3-4,11-12,16H,5-10H2,1-2H3. The zero-order valence-electron chi connectivity index (χ0n) is 15.7. The van der Waals surface area contributed by atoms with Crippen LogP contribution in [0.3, 0.4) is 0 Å². The van der Waals surface area contributed by atoms with Gasteiger partial charge in [0.25, 0.3) is 0 Å². The molecule has 0 spiro atoms. The Balaban J connectivity index is 1.28. The molecule has 27 heavy (non-hydrogen) atoms. The molecule has 140 valence electrons. The van der Waals surface area contributed by atoms with Crippen LogP contribution in [0.5, 0.6) is 11.5 Å². The number of hydrogen-bond donors (Lipinski definition) is 0. The monoisotopic (exact) mass is 365 g/mol. The second-order valence-corrected chi connectivity index (χ2v) is 7.34. The van der Waals surface area contributed by atoms with Crippen molar-refractivity contribution >= 4 is 11.5 Å². The maximum atomic E-state index is 6.25. The highest BCUT2D eigenvalue weighted by Gasteiger charge is 2.24. The summed E-state index contributed by atoms with van der Waals surface area (Å²) >= 11 is 0. The Morgan fingerprint density at radius 1 is 1.15 bits per heavy atom. The lowest BCUT2D eigenvalue weighted by atomic mass is 10.1. The molecule has 0 N–H and O–H groups in total. The molecule has 2 aliphatic heterocycles. The van der Waals surface area contributed by atoms with Gasteiger partial charge in [0.2, 0.25) is 0 Å². The highest BCUT2D eigenvalue weighted by atomic mass is 16.5. The van der Waals surface area contributed by atoms with Crippen molar-refractivity contribution < 1.29 is 9.47 Å². The zero-order valence-corrected chi connectivity index (χ0v) is 15.7. The highest BCUT2D eigenvalue weighted by molar-refractivity contribution is 5.58. The van der Waals surface area contributed by atoms with E-state index in [2.05, 4.69) is 35.0 Å². The van der Waals surface area contributed by atoms with E-state index >= 15 is 0 Å². The van der Waals surface area contributed by atoms with E-state index in [9.17, 15) is 0 Å². The predicted molar refractivity (Wildman–Crippen MR) is 102 cm³/mol. The average molecular weight is 365 g/mol. The largest absolute Gasteiger partial charge is 0.493 e. The van der Waals surface area contributed by atoms with Gasteiger partial charge in [-0.1, -0.05) is 0 Å². The van der Waals surface area contributed by atoms with Crippen molar-refractivity contribution in [2.45, 2.75) is 39.2 Å². The first kappa shape index (κ1) is 16.4. The Morgan fingerprint density at radius 3 is 2.85 bits per heavy atom. The van der Waals surface area contributed by atoms with Crippen molar-refractivity contribution in [2.75, 3.05) is 24.6 Å². The molecular formula is C20H23N5O2.